The average molecular weight is 386 g/mol. The first-order valence-electron chi connectivity index (χ1n) is 9.62. The highest BCUT2D eigenvalue weighted by atomic mass is 16.2. The molecule has 2 aromatic heterocycles. The SMILES string of the molecule is CN1C(=O)[C@@]2(NC(=O)c3nnc(Cc4ccccc4)[nH]3)C3[C@@H](c4cccnc41)[C@H]32. The third-order valence-electron chi connectivity index (χ3n) is 6.40. The van der Waals surface area contributed by atoms with Gasteiger partial charge in [0.15, 0.2) is 0 Å². The molecule has 2 fully saturated rings. The maximum Gasteiger partial charge on any atom is 0.289 e. The van der Waals surface area contributed by atoms with Gasteiger partial charge in [-0.2, -0.15) is 0 Å². The van der Waals surface area contributed by atoms with E-state index in [1.807, 2.05) is 42.5 Å². The molecule has 7 rings (SSSR count). The Morgan fingerprint density at radius 3 is 2.76 bits per heavy atom. The van der Waals surface area contributed by atoms with E-state index in [9.17, 15) is 9.59 Å². The molecular weight excluding hydrogens is 368 g/mol. The van der Waals surface area contributed by atoms with Crippen molar-refractivity contribution in [3.05, 3.63) is 71.4 Å². The minimum Gasteiger partial charge on any atom is -0.334 e. The number of benzene rings is 1. The molecule has 2 aliphatic heterocycles. The van der Waals surface area contributed by atoms with Crippen LogP contribution in [0.4, 0.5) is 5.82 Å². The van der Waals surface area contributed by atoms with Gasteiger partial charge in [0, 0.05) is 31.5 Å². The Morgan fingerprint density at radius 2 is 1.97 bits per heavy atom. The molecular formula is C21H18N6O2. The van der Waals surface area contributed by atoms with Crippen LogP contribution in [0, 0.1) is 11.8 Å². The number of aromatic nitrogens is 4. The highest BCUT2D eigenvalue weighted by molar-refractivity contribution is 6.10. The fraction of sp³-hybridized carbons (Fsp3) is 0.286. The minimum absolute atomic E-state index is 0.112. The second-order valence-corrected chi connectivity index (χ2v) is 7.96. The zero-order valence-electron chi connectivity index (χ0n) is 15.7. The number of hydrogen-bond acceptors (Lipinski definition) is 5. The molecule has 2 saturated carbocycles. The topological polar surface area (TPSA) is 104 Å². The van der Waals surface area contributed by atoms with Gasteiger partial charge in [0.05, 0.1) is 0 Å². The number of nitrogens with zero attached hydrogens (tertiary/aromatic N) is 4. The van der Waals surface area contributed by atoms with Gasteiger partial charge >= 0.3 is 0 Å². The summed E-state index contributed by atoms with van der Waals surface area (Å²) < 4.78 is 0. The predicted octanol–water partition coefficient (Wildman–Crippen LogP) is 1.28. The molecule has 4 aliphatic rings. The number of aromatic amines is 1. The van der Waals surface area contributed by atoms with E-state index in [0.717, 1.165) is 11.1 Å². The summed E-state index contributed by atoms with van der Waals surface area (Å²) in [6, 6.07) is 13.8. The minimum atomic E-state index is -0.844. The smallest absolute Gasteiger partial charge is 0.289 e. The quantitative estimate of drug-likeness (QED) is 0.703. The summed E-state index contributed by atoms with van der Waals surface area (Å²) in [5.41, 5.74) is 1.32. The summed E-state index contributed by atoms with van der Waals surface area (Å²) in [6.45, 7) is 0. The van der Waals surface area contributed by atoms with Crippen molar-refractivity contribution in [3.8, 4) is 0 Å². The first-order chi connectivity index (χ1) is 14.1. The summed E-state index contributed by atoms with van der Waals surface area (Å²) in [6.07, 6.45) is 2.25. The van der Waals surface area contributed by atoms with Crippen molar-refractivity contribution in [3.63, 3.8) is 0 Å². The molecule has 4 heterocycles. The van der Waals surface area contributed by atoms with Gasteiger partial charge in [0.25, 0.3) is 11.8 Å². The van der Waals surface area contributed by atoms with Crippen LogP contribution in [0.25, 0.3) is 0 Å². The van der Waals surface area contributed by atoms with Crippen molar-refractivity contribution < 1.29 is 9.59 Å². The Labute approximate surface area is 166 Å². The molecule has 2 amide bonds. The number of likely N-dealkylation sites (N-methyl/N-ethyl adjacent to an activating group) is 1. The fourth-order valence-electron chi connectivity index (χ4n) is 4.93. The Balaban J connectivity index is 1.22. The number of H-pyrrole nitrogens is 1. The van der Waals surface area contributed by atoms with Crippen molar-refractivity contribution in [2.45, 2.75) is 17.9 Å². The van der Waals surface area contributed by atoms with Crippen molar-refractivity contribution in [1.82, 2.24) is 25.5 Å². The Morgan fingerprint density at radius 1 is 1.17 bits per heavy atom. The van der Waals surface area contributed by atoms with Crippen LogP contribution < -0.4 is 10.2 Å². The monoisotopic (exact) mass is 386 g/mol. The Hall–Kier alpha value is -3.55. The van der Waals surface area contributed by atoms with E-state index in [2.05, 4.69) is 25.5 Å². The zero-order valence-corrected chi connectivity index (χ0v) is 15.7. The normalized spacial score (nSPS) is 28.2. The van der Waals surface area contributed by atoms with Crippen LogP contribution in [0.15, 0.2) is 48.7 Å². The number of carbonyl (C=O) groups excluding carboxylic acids is 2. The third kappa shape index (κ3) is 2.16. The van der Waals surface area contributed by atoms with Crippen molar-refractivity contribution in [1.29, 1.82) is 0 Å². The highest BCUT2D eigenvalue weighted by Gasteiger charge is 2.90. The van der Waals surface area contributed by atoms with Crippen LogP contribution in [0.2, 0.25) is 0 Å². The molecule has 8 heteroatoms. The second-order valence-electron chi connectivity index (χ2n) is 7.96. The molecule has 1 unspecified atom stereocenters. The maximum atomic E-state index is 13.1. The second kappa shape index (κ2) is 5.50. The molecule has 29 heavy (non-hydrogen) atoms. The van der Waals surface area contributed by atoms with Gasteiger partial charge in [-0.3, -0.25) is 14.5 Å². The zero-order chi connectivity index (χ0) is 19.8. The van der Waals surface area contributed by atoms with Gasteiger partial charge in [-0.15, -0.1) is 10.2 Å². The highest BCUT2D eigenvalue weighted by Crippen LogP contribution is 2.82. The van der Waals surface area contributed by atoms with Gasteiger partial charge in [-0.25, -0.2) is 4.98 Å². The molecule has 2 aliphatic carbocycles. The number of anilines is 1. The van der Waals surface area contributed by atoms with Crippen LogP contribution in [-0.4, -0.2) is 44.6 Å². The lowest BCUT2D eigenvalue weighted by atomic mass is 9.93. The van der Waals surface area contributed by atoms with Gasteiger partial charge in [-0.1, -0.05) is 36.4 Å². The van der Waals surface area contributed by atoms with E-state index in [4.69, 9.17) is 0 Å². The maximum absolute atomic E-state index is 13.1. The van der Waals surface area contributed by atoms with Crippen molar-refractivity contribution >= 4 is 17.6 Å². The number of amides is 2. The van der Waals surface area contributed by atoms with Gasteiger partial charge in [0.1, 0.15) is 17.2 Å². The van der Waals surface area contributed by atoms with Gasteiger partial charge < -0.3 is 10.3 Å². The molecule has 8 nitrogen and oxygen atoms in total. The standard InChI is InChI=1S/C21H18N6O2/c1-27-18-12(8-5-9-22-18)14-15-16(14)21(15,20(27)29)24-19(28)17-23-13(25-26-17)10-11-6-3-2-4-7-11/h2-9,14-16H,10H2,1H3,(H,24,28)(H,23,25,26)/t14-,15+,16?,21-/m0/s1. The Bertz CT molecular complexity index is 1150. The number of nitrogens with one attached hydrogen (secondary N) is 2. The number of carbonyl (C=O) groups is 2. The van der Waals surface area contributed by atoms with Gasteiger partial charge in [0.2, 0.25) is 5.82 Å². The summed E-state index contributed by atoms with van der Waals surface area (Å²) >= 11 is 0. The molecule has 2 N–H and O–H groups in total. The van der Waals surface area contributed by atoms with Crippen LogP contribution >= 0.6 is 0 Å². The molecule has 2 bridgehead atoms. The van der Waals surface area contributed by atoms with E-state index in [1.165, 1.54) is 0 Å². The first-order valence-corrected chi connectivity index (χ1v) is 9.62. The van der Waals surface area contributed by atoms with Crippen LogP contribution in [0.3, 0.4) is 0 Å². The van der Waals surface area contributed by atoms with Crippen molar-refractivity contribution in [2.75, 3.05) is 11.9 Å². The van der Waals surface area contributed by atoms with E-state index < -0.39 is 11.4 Å². The third-order valence-corrected chi connectivity index (χ3v) is 6.40. The Kier molecular flexibility index (Phi) is 3.11. The average Bonchev–Trinajstić information content (AvgIpc) is 3.60. The molecule has 0 radical (unpaired) electrons. The van der Waals surface area contributed by atoms with Gasteiger partial charge in [-0.05, 0) is 23.1 Å². The molecule has 0 spiro atoms. The van der Waals surface area contributed by atoms with E-state index in [0.29, 0.717) is 18.1 Å². The van der Waals surface area contributed by atoms with E-state index in [-0.39, 0.29) is 29.5 Å². The summed E-state index contributed by atoms with van der Waals surface area (Å²) in [5, 5.41) is 11.0. The summed E-state index contributed by atoms with van der Waals surface area (Å²) in [7, 11) is 1.72. The number of fused-ring (bicyclic) bond motifs is 1. The number of hydrogen-bond donors (Lipinski definition) is 2. The number of rotatable bonds is 4. The molecule has 0 saturated heterocycles. The fourth-order valence-corrected chi connectivity index (χ4v) is 4.93. The van der Waals surface area contributed by atoms with E-state index >= 15 is 0 Å². The predicted molar refractivity (Wildman–Crippen MR) is 103 cm³/mol. The largest absolute Gasteiger partial charge is 0.334 e. The van der Waals surface area contributed by atoms with E-state index in [1.54, 1.807) is 18.1 Å². The molecule has 1 aromatic carbocycles. The number of pyridine rings is 1. The summed E-state index contributed by atoms with van der Waals surface area (Å²) in [5.74, 6) is 1.48. The summed E-state index contributed by atoms with van der Waals surface area (Å²) in [4.78, 5) is 34.9. The lowest BCUT2D eigenvalue weighted by Crippen LogP contribution is -2.54. The molecule has 4 atom stereocenters. The van der Waals surface area contributed by atoms with Crippen LogP contribution in [0.5, 0.6) is 0 Å². The molecule has 3 aromatic rings. The lowest BCUT2D eigenvalue weighted by Gasteiger charge is -2.25. The van der Waals surface area contributed by atoms with Crippen molar-refractivity contribution in [2.24, 2.45) is 11.8 Å². The molecule has 144 valence electrons. The van der Waals surface area contributed by atoms with Crippen LogP contribution in [0.1, 0.15) is 33.5 Å². The lowest BCUT2D eigenvalue weighted by molar-refractivity contribution is -0.122. The van der Waals surface area contributed by atoms with Crippen LogP contribution in [-0.2, 0) is 11.2 Å². The first kappa shape index (κ1) is 16.4.